The summed E-state index contributed by atoms with van der Waals surface area (Å²) in [7, 11) is 6.18. The lowest BCUT2D eigenvalue weighted by Gasteiger charge is -2.18. The van der Waals surface area contributed by atoms with Gasteiger partial charge in [0.05, 0.1) is 25.5 Å². The van der Waals surface area contributed by atoms with Gasteiger partial charge in [-0.05, 0) is 30.3 Å². The molecule has 2 aromatic rings. The third-order valence-electron chi connectivity index (χ3n) is 3.62. The second-order valence-corrected chi connectivity index (χ2v) is 6.18. The maximum Gasteiger partial charge on any atom is 0.262 e. The van der Waals surface area contributed by atoms with E-state index in [1.54, 1.807) is 38.4 Å². The molecule has 0 aliphatic carbocycles. The van der Waals surface area contributed by atoms with E-state index in [1.165, 1.54) is 31.3 Å². The van der Waals surface area contributed by atoms with Crippen LogP contribution in [0.25, 0.3) is 0 Å². The molecule has 0 aliphatic rings. The number of nitrogens with one attached hydrogen (secondary N) is 1. The fourth-order valence-corrected chi connectivity index (χ4v) is 2.39. The zero-order valence-corrected chi connectivity index (χ0v) is 16.3. The quantitative estimate of drug-likeness (QED) is 0.783. The molecular weight excluding hydrogens is 372 g/mol. The molecule has 0 spiro atoms. The Morgan fingerprint density at radius 2 is 1.63 bits per heavy atom. The number of anilines is 1. The van der Waals surface area contributed by atoms with Crippen molar-refractivity contribution in [3.8, 4) is 17.2 Å². The fourth-order valence-electron chi connectivity index (χ4n) is 2.27. The largest absolute Gasteiger partial charge is 0.493 e. The van der Waals surface area contributed by atoms with Gasteiger partial charge in [-0.1, -0.05) is 11.6 Å². The van der Waals surface area contributed by atoms with Crippen LogP contribution < -0.4 is 19.5 Å². The number of nitrogens with zero attached hydrogens (tertiary/aromatic N) is 1. The normalized spacial score (nSPS) is 10.1. The van der Waals surface area contributed by atoms with Crippen molar-refractivity contribution in [2.45, 2.75) is 0 Å². The molecular formula is C19H21ClN2O5. The lowest BCUT2D eigenvalue weighted by Crippen LogP contribution is -2.26. The van der Waals surface area contributed by atoms with Gasteiger partial charge in [0.1, 0.15) is 5.75 Å². The first-order valence-electron chi connectivity index (χ1n) is 8.01. The Labute approximate surface area is 162 Å². The monoisotopic (exact) mass is 392 g/mol. The molecule has 27 heavy (non-hydrogen) atoms. The van der Waals surface area contributed by atoms with Crippen molar-refractivity contribution in [1.82, 2.24) is 4.90 Å². The smallest absolute Gasteiger partial charge is 0.262 e. The van der Waals surface area contributed by atoms with Crippen LogP contribution in [0.15, 0.2) is 36.4 Å². The Morgan fingerprint density at radius 1 is 1.04 bits per heavy atom. The molecule has 0 aliphatic heterocycles. The van der Waals surface area contributed by atoms with Crippen molar-refractivity contribution in [2.24, 2.45) is 0 Å². The van der Waals surface area contributed by atoms with Crippen LogP contribution in [0.4, 0.5) is 5.69 Å². The van der Waals surface area contributed by atoms with E-state index in [4.69, 9.17) is 25.8 Å². The summed E-state index contributed by atoms with van der Waals surface area (Å²) < 4.78 is 15.9. The van der Waals surface area contributed by atoms with Crippen molar-refractivity contribution < 1.29 is 23.8 Å². The van der Waals surface area contributed by atoms with Gasteiger partial charge in [0, 0.05) is 25.2 Å². The predicted molar refractivity (Wildman–Crippen MR) is 103 cm³/mol. The van der Waals surface area contributed by atoms with Gasteiger partial charge in [0.15, 0.2) is 18.1 Å². The Bertz CT molecular complexity index is 822. The molecule has 7 nitrogen and oxygen atoms in total. The molecule has 2 amide bonds. The van der Waals surface area contributed by atoms with Gasteiger partial charge < -0.3 is 24.4 Å². The summed E-state index contributed by atoms with van der Waals surface area (Å²) in [5.41, 5.74) is 0.577. The molecule has 0 atom stereocenters. The third-order valence-corrected chi connectivity index (χ3v) is 3.87. The average Bonchev–Trinajstić information content (AvgIpc) is 2.66. The summed E-state index contributed by atoms with van der Waals surface area (Å²) >= 11 is 5.81. The Morgan fingerprint density at radius 3 is 2.19 bits per heavy atom. The molecule has 0 heterocycles. The van der Waals surface area contributed by atoms with Crippen LogP contribution in [0.5, 0.6) is 17.2 Å². The number of methoxy groups -OCH3 is 2. The van der Waals surface area contributed by atoms with Gasteiger partial charge in [-0.15, -0.1) is 0 Å². The molecule has 1 N–H and O–H groups in total. The van der Waals surface area contributed by atoms with Crippen LogP contribution in [-0.2, 0) is 4.79 Å². The first-order chi connectivity index (χ1) is 12.8. The van der Waals surface area contributed by atoms with Crippen LogP contribution in [0.2, 0.25) is 5.02 Å². The zero-order chi connectivity index (χ0) is 20.0. The van der Waals surface area contributed by atoms with E-state index in [-0.39, 0.29) is 18.1 Å². The number of carbonyl (C=O) groups excluding carboxylic acids is 2. The summed E-state index contributed by atoms with van der Waals surface area (Å²) in [5, 5.41) is 3.25. The number of hydrogen-bond acceptors (Lipinski definition) is 5. The van der Waals surface area contributed by atoms with E-state index in [0.717, 1.165) is 0 Å². The third kappa shape index (κ3) is 5.27. The lowest BCUT2D eigenvalue weighted by atomic mass is 10.1. The summed E-state index contributed by atoms with van der Waals surface area (Å²) in [6, 6.07) is 9.71. The number of carbonyl (C=O) groups is 2. The average molecular weight is 393 g/mol. The standard InChI is InChI=1S/C19H21ClN2O5/c1-22(2)19(24)14-9-16(25-3)17(26-4)10-15(14)21-18(23)11-27-13-7-5-12(20)6-8-13/h5-10H,11H2,1-4H3,(H,21,23). The van der Waals surface area contributed by atoms with Crippen LogP contribution in [-0.4, -0.2) is 51.6 Å². The first kappa shape index (κ1) is 20.4. The highest BCUT2D eigenvalue weighted by molar-refractivity contribution is 6.30. The molecule has 0 fully saturated rings. The first-order valence-corrected chi connectivity index (χ1v) is 8.39. The molecule has 0 saturated carbocycles. The van der Waals surface area contributed by atoms with Crippen LogP contribution in [0.1, 0.15) is 10.4 Å². The van der Waals surface area contributed by atoms with E-state index in [0.29, 0.717) is 28.0 Å². The summed E-state index contributed by atoms with van der Waals surface area (Å²) in [4.78, 5) is 26.2. The number of rotatable bonds is 7. The number of halogens is 1. The molecule has 2 aromatic carbocycles. The van der Waals surface area contributed by atoms with Crippen molar-refractivity contribution in [1.29, 1.82) is 0 Å². The predicted octanol–water partition coefficient (Wildman–Crippen LogP) is 3.08. The second-order valence-electron chi connectivity index (χ2n) is 5.74. The van der Waals surface area contributed by atoms with Crippen LogP contribution >= 0.6 is 11.6 Å². The molecule has 0 bridgehead atoms. The molecule has 2 rings (SSSR count). The van der Waals surface area contributed by atoms with Gasteiger partial charge >= 0.3 is 0 Å². The van der Waals surface area contributed by atoms with Crippen molar-refractivity contribution >= 4 is 29.1 Å². The number of amides is 2. The number of benzene rings is 2. The second kappa shape index (κ2) is 9.14. The van der Waals surface area contributed by atoms with E-state index < -0.39 is 5.91 Å². The van der Waals surface area contributed by atoms with E-state index >= 15 is 0 Å². The number of ether oxygens (including phenoxy) is 3. The zero-order valence-electron chi connectivity index (χ0n) is 15.5. The maximum absolute atomic E-state index is 12.5. The van der Waals surface area contributed by atoms with Crippen LogP contribution in [0.3, 0.4) is 0 Å². The molecule has 0 aromatic heterocycles. The SMILES string of the molecule is COc1cc(NC(=O)COc2ccc(Cl)cc2)c(C(=O)N(C)C)cc1OC. The van der Waals surface area contributed by atoms with Gasteiger partial charge in [-0.25, -0.2) is 0 Å². The fraction of sp³-hybridized carbons (Fsp3) is 0.263. The van der Waals surface area contributed by atoms with E-state index in [1.807, 2.05) is 0 Å². The van der Waals surface area contributed by atoms with Crippen molar-refractivity contribution in [2.75, 3.05) is 40.2 Å². The number of hydrogen-bond donors (Lipinski definition) is 1. The van der Waals surface area contributed by atoms with E-state index in [9.17, 15) is 9.59 Å². The lowest BCUT2D eigenvalue weighted by molar-refractivity contribution is -0.118. The summed E-state index contributed by atoms with van der Waals surface area (Å²) in [5.74, 6) is 0.571. The molecule has 0 unspecified atom stereocenters. The highest BCUT2D eigenvalue weighted by Crippen LogP contribution is 2.34. The van der Waals surface area contributed by atoms with Crippen LogP contribution in [0, 0.1) is 0 Å². The van der Waals surface area contributed by atoms with Gasteiger partial charge in [0.2, 0.25) is 0 Å². The minimum Gasteiger partial charge on any atom is -0.493 e. The summed E-state index contributed by atoms with van der Waals surface area (Å²) in [6.45, 7) is -0.231. The highest BCUT2D eigenvalue weighted by Gasteiger charge is 2.20. The Kier molecular flexibility index (Phi) is 6.90. The molecule has 0 saturated heterocycles. The maximum atomic E-state index is 12.5. The van der Waals surface area contributed by atoms with Crippen molar-refractivity contribution in [3.05, 3.63) is 47.0 Å². The highest BCUT2D eigenvalue weighted by atomic mass is 35.5. The molecule has 8 heteroatoms. The summed E-state index contributed by atoms with van der Waals surface area (Å²) in [6.07, 6.45) is 0. The topological polar surface area (TPSA) is 77.1 Å². The molecule has 144 valence electrons. The molecule has 0 radical (unpaired) electrons. The van der Waals surface area contributed by atoms with Gasteiger partial charge in [-0.3, -0.25) is 9.59 Å². The Balaban J connectivity index is 2.20. The van der Waals surface area contributed by atoms with Gasteiger partial charge in [0.25, 0.3) is 11.8 Å². The van der Waals surface area contributed by atoms with E-state index in [2.05, 4.69) is 5.32 Å². The minimum atomic E-state index is -0.426. The minimum absolute atomic E-state index is 0.231. The van der Waals surface area contributed by atoms with Gasteiger partial charge in [-0.2, -0.15) is 0 Å². The van der Waals surface area contributed by atoms with Crippen molar-refractivity contribution in [3.63, 3.8) is 0 Å². The Hall–Kier alpha value is -2.93.